The Labute approximate surface area is 871 Å². The van der Waals surface area contributed by atoms with Crippen molar-refractivity contribution in [1.82, 2.24) is 0 Å². The number of nitrogens with zero attached hydrogens (tertiary/aromatic N) is 9. The molecule has 0 aliphatic carbocycles. The van der Waals surface area contributed by atoms with Gasteiger partial charge in [0.15, 0.2) is 0 Å². The Kier molecular flexibility index (Phi) is 42.8. The topological polar surface area (TPSA) is 210 Å². The lowest BCUT2D eigenvalue weighted by Gasteiger charge is -2.29. The monoisotopic (exact) mass is 2020 g/mol. The minimum Gasteiger partial charge on any atom is -0.494 e. The minimum atomic E-state index is -4.81. The molecule has 13 rings (SSSR count). The lowest BCUT2D eigenvalue weighted by Crippen LogP contribution is -2.43. The van der Waals surface area contributed by atoms with Gasteiger partial charge in [-0.05, 0) is 256 Å². The van der Waals surface area contributed by atoms with Gasteiger partial charge >= 0.3 is 6.18 Å². The van der Waals surface area contributed by atoms with Gasteiger partial charge in [0, 0.05) is 157 Å². The molecule has 0 spiro atoms. The molecule has 146 heavy (non-hydrogen) atoms. The number of halogens is 3. The van der Waals surface area contributed by atoms with Crippen LogP contribution in [-0.4, -0.2) is 91.8 Å². The quantitative estimate of drug-likeness (QED) is 0.0184. The van der Waals surface area contributed by atoms with E-state index in [4.69, 9.17) is 48.1 Å². The largest absolute Gasteiger partial charge is 0.494 e. The summed E-state index contributed by atoms with van der Waals surface area (Å²) in [5.74, 6) is 2.73. The molecule has 0 radical (unpaired) electrons. The molecule has 18 nitrogen and oxygen atoms in total. The number of hydrogen-bond donors (Lipinski definition) is 3. The number of aliphatic hydroxyl groups is 3. The molecule has 3 aliphatic heterocycles. The van der Waals surface area contributed by atoms with Crippen LogP contribution in [0.2, 0.25) is 0 Å². The number of benzene rings is 7. The average Bonchev–Trinajstić information content (AvgIpc) is 1.60. The molecular weight excluding hydrogens is 1890 g/mol. The van der Waals surface area contributed by atoms with Gasteiger partial charge in [-0.3, -0.25) is 0 Å². The number of hydrogen-bond acceptors (Lipinski definition) is 18. The molecule has 24 heteroatoms. The molecular formula is C122H128F3N9O9S3. The maximum atomic E-state index is 14.2. The summed E-state index contributed by atoms with van der Waals surface area (Å²) >= 11 is 4.68. The second-order valence-corrected chi connectivity index (χ2v) is 39.5. The smallest absolute Gasteiger partial charge is 0.430 e. The summed E-state index contributed by atoms with van der Waals surface area (Å²) in [6.07, 6.45) is 29.8. The Bertz CT molecular complexity index is 6730. The number of thiophene rings is 3. The van der Waals surface area contributed by atoms with Crippen molar-refractivity contribution in [2.24, 2.45) is 0 Å². The molecule has 0 saturated carbocycles. The number of allylic oxidation sites excluding steroid dienone is 3. The highest BCUT2D eigenvalue weighted by molar-refractivity contribution is 7.14. The standard InChI is InChI=1S/C44H45N3O3S.C39H40F3N3O3S.C39H43N3O3S/c1-5-6-27-47(28-13-14-29-48)37-21-19-35(41(30-37)49-32-34-15-9-7-10-16-34)20-22-38-23-24-39(51-38)25-26-40-42(46-4)43(33(2)31-45)50-44(40,3)36-17-11-8-12-18-36;1-5-6-22-45(23-10-11-24-46)31-16-14-30(35(25-31)47-27-29-12-8-7-9-13-29)15-17-32-18-19-33(49-32)20-21-34-36(44-4)37(28(2)26-43)48-38(34,3)39(40,41)42;1-6-7-23-42(24-11-12-25-43)32-17-15-31(36(26-32)44-28-30-13-9-8-10-14-30)16-18-33-19-20-34(46-33)21-22-35-37(41-5)38(29(2)27-40)45-39(35,3)4/h7-12,15-26,30,48H,5-6,13-14,27-29,32H2,1-3H3;7-9,12-21,25,46H,5-6,10-11,22-24,27H2,1-3H3;8-10,13-22,26,43H,6-7,11-12,23-25,28H2,1-4H3/b22-20+,26-25+,43-33+;17-15+,21-20+,37-28+;18-16+,22-21+,38-29+. The number of unbranched alkanes of at least 4 members (excludes halogenated alkanes) is 6. The third-order valence-electron chi connectivity index (χ3n) is 24.9. The van der Waals surface area contributed by atoms with E-state index in [0.29, 0.717) is 58.8 Å². The Hall–Kier alpha value is -14.7. The van der Waals surface area contributed by atoms with E-state index in [1.54, 1.807) is 48.7 Å². The number of alkyl halides is 3. The molecule has 2 atom stereocenters. The lowest BCUT2D eigenvalue weighted by molar-refractivity contribution is -0.236. The van der Waals surface area contributed by atoms with Crippen LogP contribution >= 0.6 is 34.0 Å². The molecule has 0 saturated heterocycles. The molecule has 7 aromatic carbocycles. The number of rotatable bonds is 46. The van der Waals surface area contributed by atoms with Crippen molar-refractivity contribution < 1.29 is 56.9 Å². The van der Waals surface area contributed by atoms with Crippen LogP contribution in [0.4, 0.5) is 30.2 Å². The van der Waals surface area contributed by atoms with E-state index in [1.807, 2.05) is 166 Å². The Balaban J connectivity index is 0.000000209. The molecule has 6 heterocycles. The van der Waals surface area contributed by atoms with Gasteiger partial charge in [0.05, 0.1) is 54.6 Å². The van der Waals surface area contributed by atoms with Gasteiger partial charge in [-0.1, -0.05) is 180 Å². The van der Waals surface area contributed by atoms with Crippen LogP contribution < -0.4 is 28.9 Å². The average molecular weight is 2020 g/mol. The van der Waals surface area contributed by atoms with E-state index < -0.39 is 23.0 Å². The van der Waals surface area contributed by atoms with Crippen molar-refractivity contribution in [2.75, 3.05) is 73.8 Å². The highest BCUT2D eigenvalue weighted by Crippen LogP contribution is 2.52. The van der Waals surface area contributed by atoms with E-state index in [2.05, 4.69) is 184 Å². The number of anilines is 3. The van der Waals surface area contributed by atoms with Gasteiger partial charge in [0.25, 0.3) is 0 Å². The molecule has 0 bridgehead atoms. The number of ether oxygens (including phenoxy) is 6. The Morgan fingerprint density at radius 1 is 0.370 bits per heavy atom. The van der Waals surface area contributed by atoms with Crippen molar-refractivity contribution in [3.8, 4) is 35.5 Å². The third-order valence-corrected chi connectivity index (χ3v) is 27.9. The molecule has 10 aromatic rings. The van der Waals surface area contributed by atoms with E-state index in [0.717, 1.165) is 232 Å². The van der Waals surface area contributed by atoms with Gasteiger partial charge < -0.3 is 58.4 Å². The molecule has 3 aliphatic rings. The first kappa shape index (κ1) is 112. The van der Waals surface area contributed by atoms with Gasteiger partial charge in [-0.15, -0.1) is 34.0 Å². The maximum Gasteiger partial charge on any atom is 0.430 e. The van der Waals surface area contributed by atoms with Crippen LogP contribution in [0.5, 0.6) is 17.2 Å². The van der Waals surface area contributed by atoms with E-state index in [9.17, 15) is 44.3 Å². The van der Waals surface area contributed by atoms with Crippen LogP contribution in [0, 0.1) is 53.7 Å². The van der Waals surface area contributed by atoms with E-state index in [1.165, 1.54) is 30.4 Å². The second-order valence-electron chi connectivity index (χ2n) is 36.1. The molecule has 0 amide bonds. The van der Waals surface area contributed by atoms with Gasteiger partial charge in [0.2, 0.25) is 22.7 Å². The zero-order valence-electron chi connectivity index (χ0n) is 84.8. The number of aliphatic hydroxyl groups excluding tert-OH is 3. The molecule has 2 unspecified atom stereocenters. The SMILES string of the molecule is [C-]#[N+]C1=C(/C=C/c2ccc(/C=C/c3ccc(N(CCCC)CCCCO)cc3OCc3ccccc3)s2)C(C)(C(F)(F)F)O/C1=C(\C)C#N.[C-]#[N+]C1=C(/C=C/c2ccc(/C=C/c3ccc(N(CCCC)CCCCO)cc3OCc3ccccc3)s2)C(C)(C)O/C1=C(\C)C#N.[C-]#[N+]C1=C(/C=C/c2ccc(/C=C/c3ccc(N(CCCC)CCCCO)cc3OCc3ccccc3)s2)C(C)(c2ccccc2)O/C1=C(\C)C#N. The van der Waals surface area contributed by atoms with Crippen molar-refractivity contribution in [3.05, 3.63) is 401 Å². The first-order valence-corrected chi connectivity index (χ1v) is 52.0. The van der Waals surface area contributed by atoms with E-state index in [-0.39, 0.29) is 42.4 Å². The predicted octanol–water partition coefficient (Wildman–Crippen LogP) is 30.7. The van der Waals surface area contributed by atoms with E-state index >= 15 is 0 Å². The Morgan fingerprint density at radius 3 is 0.973 bits per heavy atom. The van der Waals surface area contributed by atoms with Crippen molar-refractivity contribution in [3.63, 3.8) is 0 Å². The van der Waals surface area contributed by atoms with Gasteiger partial charge in [0.1, 0.15) is 65.5 Å². The first-order chi connectivity index (χ1) is 70.7. The molecule has 3 aromatic heterocycles. The highest BCUT2D eigenvalue weighted by atomic mass is 32.1. The van der Waals surface area contributed by atoms with Gasteiger partial charge in [-0.25, -0.2) is 14.5 Å². The Morgan fingerprint density at radius 2 is 0.658 bits per heavy atom. The van der Waals surface area contributed by atoms with Crippen LogP contribution in [0.3, 0.4) is 0 Å². The number of nitriles is 3. The van der Waals surface area contributed by atoms with Crippen LogP contribution in [0.15, 0.2) is 298 Å². The molecule has 754 valence electrons. The fourth-order valence-corrected chi connectivity index (χ4v) is 18.9. The highest BCUT2D eigenvalue weighted by Gasteiger charge is 2.60. The van der Waals surface area contributed by atoms with Crippen LogP contribution in [0.1, 0.15) is 214 Å². The minimum absolute atomic E-state index is 0.0936. The van der Waals surface area contributed by atoms with Crippen LogP contribution in [0.25, 0.3) is 69.2 Å². The zero-order chi connectivity index (χ0) is 104. The van der Waals surface area contributed by atoms with Crippen molar-refractivity contribution in [1.29, 1.82) is 15.8 Å². The summed E-state index contributed by atoms with van der Waals surface area (Å²) in [6.45, 7) is 48.5. The third kappa shape index (κ3) is 30.7. The normalized spacial score (nSPS) is 16.4. The molecule has 3 N–H and O–H groups in total. The summed E-state index contributed by atoms with van der Waals surface area (Å²) in [4.78, 5) is 23.8. The summed E-state index contributed by atoms with van der Waals surface area (Å²) in [7, 11) is 0. The summed E-state index contributed by atoms with van der Waals surface area (Å²) in [5, 5.41) is 56.3. The zero-order valence-corrected chi connectivity index (χ0v) is 87.2. The first-order valence-electron chi connectivity index (χ1n) is 49.5. The second kappa shape index (κ2) is 56.0. The van der Waals surface area contributed by atoms with Crippen molar-refractivity contribution in [2.45, 2.75) is 189 Å². The van der Waals surface area contributed by atoms with Crippen LogP contribution in [-0.2, 0) is 39.6 Å². The fraction of sp³-hybridized carbons (Fsp3) is 0.311. The fourth-order valence-electron chi connectivity index (χ4n) is 16.5. The predicted molar refractivity (Wildman–Crippen MR) is 590 cm³/mol. The molecule has 0 fully saturated rings. The summed E-state index contributed by atoms with van der Waals surface area (Å²) in [6, 6.07) is 77.2. The summed E-state index contributed by atoms with van der Waals surface area (Å²) in [5.41, 5.74) is 8.26. The maximum absolute atomic E-state index is 14.2. The lowest BCUT2D eigenvalue weighted by atomic mass is 9.87. The van der Waals surface area contributed by atoms with Crippen molar-refractivity contribution >= 4 is 106 Å². The summed E-state index contributed by atoms with van der Waals surface area (Å²) < 4.78 is 79.4. The van der Waals surface area contributed by atoms with Gasteiger partial charge in [-0.2, -0.15) is 29.0 Å².